The van der Waals surface area contributed by atoms with E-state index in [4.69, 9.17) is 9.88 Å². The lowest BCUT2D eigenvalue weighted by molar-refractivity contribution is -0.163. The average molecular weight is 613 g/mol. The van der Waals surface area contributed by atoms with Crippen LogP contribution >= 0.6 is 0 Å². The highest BCUT2D eigenvalue weighted by atomic mass is 32.2. The fraction of sp³-hybridized carbons (Fsp3) is 0.562. The summed E-state index contributed by atoms with van der Waals surface area (Å²) in [6.07, 6.45) is 7.59. The topological polar surface area (TPSA) is 142 Å². The summed E-state index contributed by atoms with van der Waals surface area (Å²) >= 11 is 0. The summed E-state index contributed by atoms with van der Waals surface area (Å²) in [5.74, 6) is 1.01. The van der Waals surface area contributed by atoms with Crippen LogP contribution in [0.3, 0.4) is 0 Å². The number of piperazine rings is 1. The first-order valence-corrected chi connectivity index (χ1v) is 17.0. The number of rotatable bonds is 10. The number of nitrogens with two attached hydrogens (primary N) is 1. The van der Waals surface area contributed by atoms with Crippen LogP contribution in [0.1, 0.15) is 76.7 Å². The minimum Gasteiger partial charge on any atom is -0.457 e. The molecule has 1 atom stereocenters. The molecule has 2 aromatic rings. The van der Waals surface area contributed by atoms with E-state index in [9.17, 15) is 23.1 Å². The third-order valence-electron chi connectivity index (χ3n) is 9.31. The van der Waals surface area contributed by atoms with Crippen LogP contribution in [0.25, 0.3) is 0 Å². The Morgan fingerprint density at radius 3 is 2.14 bits per heavy atom. The number of carbonyl (C=O) groups excluding carboxylic acids is 2. The molecule has 0 radical (unpaired) electrons. The zero-order valence-electron chi connectivity index (χ0n) is 25.0. The number of amides is 2. The van der Waals surface area contributed by atoms with Gasteiger partial charge in [0.15, 0.2) is 0 Å². The molecule has 1 saturated carbocycles. The van der Waals surface area contributed by atoms with E-state index in [0.717, 1.165) is 37.7 Å². The number of piperidine rings is 1. The standard InChI is InChI=1S/C32H44N4O6S/c1-2-3-19-36-29(37)28(22-31(39)15-5-4-6-16-31)34-30(38)32(36)17-20-35(21-18-32)23-24-7-9-25(10-8-24)42-26-11-13-27(14-12-26)43(33,40)41/h7-14,28,39H,2-6,15-23H2,1H3,(H,34,38)(H2,33,40,41)/t28-/m1/s1. The molecule has 43 heavy (non-hydrogen) atoms. The van der Waals surface area contributed by atoms with Crippen LogP contribution in [-0.4, -0.2) is 72.0 Å². The second kappa shape index (κ2) is 12.9. The third-order valence-corrected chi connectivity index (χ3v) is 10.2. The van der Waals surface area contributed by atoms with Crippen LogP contribution < -0.4 is 15.2 Å². The summed E-state index contributed by atoms with van der Waals surface area (Å²) in [7, 11) is -3.76. The van der Waals surface area contributed by atoms with Crippen molar-refractivity contribution in [2.75, 3.05) is 19.6 Å². The number of nitrogens with zero attached hydrogens (tertiary/aromatic N) is 2. The van der Waals surface area contributed by atoms with Crippen molar-refractivity contribution in [3.63, 3.8) is 0 Å². The van der Waals surface area contributed by atoms with Gasteiger partial charge in [0.25, 0.3) is 0 Å². The molecule has 3 aliphatic rings. The minimum atomic E-state index is -3.76. The van der Waals surface area contributed by atoms with Gasteiger partial charge in [0.1, 0.15) is 23.1 Å². The van der Waals surface area contributed by atoms with Crippen LogP contribution in [0.15, 0.2) is 53.4 Å². The van der Waals surface area contributed by atoms with Gasteiger partial charge < -0.3 is 20.1 Å². The van der Waals surface area contributed by atoms with Gasteiger partial charge in [0, 0.05) is 32.6 Å². The molecule has 2 aliphatic heterocycles. The number of benzene rings is 2. The quantitative estimate of drug-likeness (QED) is 0.372. The minimum absolute atomic E-state index is 0.0277. The predicted octanol–water partition coefficient (Wildman–Crippen LogP) is 3.67. The van der Waals surface area contributed by atoms with E-state index in [2.05, 4.69) is 17.1 Å². The number of sulfonamides is 1. The summed E-state index contributed by atoms with van der Waals surface area (Å²) < 4.78 is 28.8. The number of ether oxygens (including phenoxy) is 1. The van der Waals surface area contributed by atoms with Crippen molar-refractivity contribution in [1.29, 1.82) is 0 Å². The van der Waals surface area contributed by atoms with Crippen molar-refractivity contribution in [3.8, 4) is 11.5 Å². The molecule has 2 amide bonds. The highest BCUT2D eigenvalue weighted by Crippen LogP contribution is 2.38. The van der Waals surface area contributed by atoms with Crippen molar-refractivity contribution >= 4 is 21.8 Å². The first kappa shape index (κ1) is 31.4. The lowest BCUT2D eigenvalue weighted by Crippen LogP contribution is -2.73. The molecular formula is C32H44N4O6S. The normalized spacial score (nSPS) is 22.4. The number of carbonyl (C=O) groups is 2. The largest absolute Gasteiger partial charge is 0.457 e. The summed E-state index contributed by atoms with van der Waals surface area (Å²) in [5.41, 5.74) is -0.624. The number of hydrogen-bond acceptors (Lipinski definition) is 7. The maximum Gasteiger partial charge on any atom is 0.246 e. The van der Waals surface area contributed by atoms with Gasteiger partial charge in [-0.15, -0.1) is 0 Å². The Labute approximate surface area is 254 Å². The van der Waals surface area contributed by atoms with Crippen LogP contribution in [0.2, 0.25) is 0 Å². The first-order chi connectivity index (χ1) is 20.5. The lowest BCUT2D eigenvalue weighted by atomic mass is 9.77. The van der Waals surface area contributed by atoms with Gasteiger partial charge in [-0.2, -0.15) is 0 Å². The molecule has 11 heteroatoms. The molecule has 2 aromatic carbocycles. The number of unbranched alkanes of at least 4 members (excludes halogenated alkanes) is 1. The fourth-order valence-electron chi connectivity index (χ4n) is 6.78. The van der Waals surface area contributed by atoms with Gasteiger partial charge in [-0.1, -0.05) is 44.7 Å². The molecular weight excluding hydrogens is 568 g/mol. The molecule has 1 spiro atoms. The van der Waals surface area contributed by atoms with E-state index in [0.29, 0.717) is 69.8 Å². The number of aliphatic hydroxyl groups is 1. The molecule has 1 aliphatic carbocycles. The van der Waals surface area contributed by atoms with Crippen LogP contribution in [0.4, 0.5) is 0 Å². The highest BCUT2D eigenvalue weighted by molar-refractivity contribution is 7.89. The van der Waals surface area contributed by atoms with Gasteiger partial charge in [-0.05, 0) is 74.1 Å². The number of primary sulfonamides is 1. The van der Waals surface area contributed by atoms with E-state index in [-0.39, 0.29) is 16.7 Å². The predicted molar refractivity (Wildman–Crippen MR) is 163 cm³/mol. The van der Waals surface area contributed by atoms with Crippen molar-refractivity contribution < 1.29 is 27.9 Å². The molecule has 0 bridgehead atoms. The molecule has 3 fully saturated rings. The van der Waals surface area contributed by atoms with Crippen LogP contribution in [0.5, 0.6) is 11.5 Å². The summed E-state index contributed by atoms with van der Waals surface area (Å²) in [5, 5.41) is 19.3. The SMILES string of the molecule is CCCCN1C(=O)[C@@H](CC2(O)CCCCC2)NC(=O)C12CCN(Cc1ccc(Oc3ccc(S(N)(=O)=O)cc3)cc1)CC2. The maximum absolute atomic E-state index is 13.8. The van der Waals surface area contributed by atoms with E-state index in [1.54, 1.807) is 12.1 Å². The molecule has 10 nitrogen and oxygen atoms in total. The molecule has 234 valence electrons. The molecule has 2 saturated heterocycles. The van der Waals surface area contributed by atoms with Gasteiger partial charge in [-0.3, -0.25) is 14.5 Å². The second-order valence-electron chi connectivity index (χ2n) is 12.4. The van der Waals surface area contributed by atoms with Crippen molar-refractivity contribution in [2.45, 2.75) is 99.8 Å². The fourth-order valence-corrected chi connectivity index (χ4v) is 7.30. The Bertz CT molecular complexity index is 1380. The molecule has 0 aromatic heterocycles. The molecule has 0 unspecified atom stereocenters. The van der Waals surface area contributed by atoms with Crippen LogP contribution in [0, 0.1) is 0 Å². The molecule has 5 rings (SSSR count). The monoisotopic (exact) mass is 612 g/mol. The van der Waals surface area contributed by atoms with Gasteiger partial charge >= 0.3 is 0 Å². The van der Waals surface area contributed by atoms with E-state index in [1.165, 1.54) is 12.1 Å². The Morgan fingerprint density at radius 2 is 1.56 bits per heavy atom. The Balaban J connectivity index is 1.19. The second-order valence-corrected chi connectivity index (χ2v) is 14.0. The van der Waals surface area contributed by atoms with Gasteiger partial charge in [-0.25, -0.2) is 13.6 Å². The number of likely N-dealkylation sites (tertiary alicyclic amines) is 1. The number of nitrogens with one attached hydrogen (secondary N) is 1. The van der Waals surface area contributed by atoms with Crippen molar-refractivity contribution in [2.24, 2.45) is 5.14 Å². The Morgan fingerprint density at radius 1 is 0.953 bits per heavy atom. The summed E-state index contributed by atoms with van der Waals surface area (Å²) in [6, 6.07) is 13.0. The van der Waals surface area contributed by atoms with Crippen LogP contribution in [-0.2, 0) is 26.2 Å². The Hall–Kier alpha value is -2.99. The van der Waals surface area contributed by atoms with Gasteiger partial charge in [0.2, 0.25) is 21.8 Å². The maximum atomic E-state index is 13.8. The third kappa shape index (κ3) is 7.22. The summed E-state index contributed by atoms with van der Waals surface area (Å²) in [6.45, 7) is 4.73. The average Bonchev–Trinajstić information content (AvgIpc) is 2.98. The van der Waals surface area contributed by atoms with E-state index < -0.39 is 27.2 Å². The smallest absolute Gasteiger partial charge is 0.246 e. The van der Waals surface area contributed by atoms with Gasteiger partial charge in [0.05, 0.1) is 10.5 Å². The lowest BCUT2D eigenvalue weighted by Gasteiger charge is -2.52. The zero-order valence-corrected chi connectivity index (χ0v) is 25.8. The highest BCUT2D eigenvalue weighted by Gasteiger charge is 2.54. The molecule has 4 N–H and O–H groups in total. The zero-order chi connectivity index (χ0) is 30.7. The molecule has 2 heterocycles. The van der Waals surface area contributed by atoms with E-state index >= 15 is 0 Å². The van der Waals surface area contributed by atoms with Crippen molar-refractivity contribution in [1.82, 2.24) is 15.1 Å². The first-order valence-electron chi connectivity index (χ1n) is 15.5. The summed E-state index contributed by atoms with van der Waals surface area (Å²) in [4.78, 5) is 31.7. The van der Waals surface area contributed by atoms with E-state index in [1.807, 2.05) is 29.2 Å². The van der Waals surface area contributed by atoms with Crippen molar-refractivity contribution in [3.05, 3.63) is 54.1 Å². The Kier molecular flexibility index (Phi) is 9.46. The number of hydrogen-bond donors (Lipinski definition) is 3.